The van der Waals surface area contributed by atoms with Gasteiger partial charge >= 0.3 is 5.97 Å². The van der Waals surface area contributed by atoms with Crippen molar-refractivity contribution >= 4 is 11.8 Å². The molecule has 0 aromatic carbocycles. The van der Waals surface area contributed by atoms with Gasteiger partial charge in [-0.2, -0.15) is 5.26 Å². The summed E-state index contributed by atoms with van der Waals surface area (Å²) in [6.07, 6.45) is 1.40. The Bertz CT molecular complexity index is 677. The molecular formula is C15H13N3O2. The molecule has 1 fully saturated rings. The van der Waals surface area contributed by atoms with Crippen molar-refractivity contribution in [3.63, 3.8) is 0 Å². The van der Waals surface area contributed by atoms with E-state index in [1.165, 1.54) is 0 Å². The first-order valence-electron chi connectivity index (χ1n) is 6.50. The Hall–Kier alpha value is -2.61. The average Bonchev–Trinajstić information content (AvgIpc) is 2.97. The van der Waals surface area contributed by atoms with E-state index < -0.39 is 12.0 Å². The third-order valence-electron chi connectivity index (χ3n) is 3.66. The van der Waals surface area contributed by atoms with Crippen molar-refractivity contribution in [3.05, 3.63) is 35.9 Å². The van der Waals surface area contributed by atoms with Crippen LogP contribution in [0.5, 0.6) is 0 Å². The van der Waals surface area contributed by atoms with Gasteiger partial charge in [-0.3, -0.25) is 0 Å². The summed E-state index contributed by atoms with van der Waals surface area (Å²) in [7, 11) is 0. The van der Waals surface area contributed by atoms with Gasteiger partial charge in [0.25, 0.3) is 0 Å². The van der Waals surface area contributed by atoms with E-state index in [0.29, 0.717) is 24.3 Å². The summed E-state index contributed by atoms with van der Waals surface area (Å²) in [5.74, 6) is -0.359. The molecule has 1 N–H and O–H groups in total. The van der Waals surface area contributed by atoms with Gasteiger partial charge in [0, 0.05) is 12.1 Å². The second kappa shape index (κ2) is 4.82. The highest BCUT2D eigenvalue weighted by Crippen LogP contribution is 2.35. The third kappa shape index (κ3) is 1.86. The summed E-state index contributed by atoms with van der Waals surface area (Å²) < 4.78 is 0. The van der Waals surface area contributed by atoms with Gasteiger partial charge in [-0.1, -0.05) is 24.3 Å². The molecule has 1 saturated heterocycles. The molecule has 0 aromatic rings. The first-order valence-corrected chi connectivity index (χ1v) is 6.50. The molecule has 3 rings (SSSR count). The molecule has 0 amide bonds. The predicted molar refractivity (Wildman–Crippen MR) is 73.6 cm³/mol. The first-order chi connectivity index (χ1) is 9.72. The number of anilines is 1. The van der Waals surface area contributed by atoms with Crippen LogP contribution >= 0.6 is 0 Å². The predicted octanol–water partition coefficient (Wildman–Crippen LogP) is 2.11. The van der Waals surface area contributed by atoms with E-state index >= 15 is 0 Å². The van der Waals surface area contributed by atoms with Crippen molar-refractivity contribution in [2.45, 2.75) is 18.9 Å². The van der Waals surface area contributed by atoms with Crippen molar-refractivity contribution in [2.75, 3.05) is 11.4 Å². The van der Waals surface area contributed by atoms with Gasteiger partial charge in [-0.15, -0.1) is 0 Å². The van der Waals surface area contributed by atoms with Crippen molar-refractivity contribution in [1.29, 1.82) is 5.26 Å². The number of aromatic nitrogens is 1. The van der Waals surface area contributed by atoms with Gasteiger partial charge in [-0.05, 0) is 18.9 Å². The Morgan fingerprint density at radius 3 is 2.95 bits per heavy atom. The van der Waals surface area contributed by atoms with Crippen LogP contribution in [0, 0.1) is 11.3 Å². The summed E-state index contributed by atoms with van der Waals surface area (Å²) in [6, 6.07) is 10.9. The topological polar surface area (TPSA) is 77.2 Å². The molecule has 5 nitrogen and oxygen atoms in total. The molecule has 5 heteroatoms. The summed E-state index contributed by atoms with van der Waals surface area (Å²) >= 11 is 0. The smallest absolute Gasteiger partial charge is 0.326 e. The lowest BCUT2D eigenvalue weighted by Crippen LogP contribution is -2.36. The Balaban J connectivity index is 2.15. The summed E-state index contributed by atoms with van der Waals surface area (Å²) in [6.45, 7) is 0.626. The number of fused-ring (bicyclic) bond motifs is 1. The molecule has 0 aromatic heterocycles. The number of carboxylic acid groups (broad SMARTS) is 1. The van der Waals surface area contributed by atoms with Crippen LogP contribution in [-0.2, 0) is 4.79 Å². The van der Waals surface area contributed by atoms with E-state index in [-0.39, 0.29) is 0 Å². The third-order valence-corrected chi connectivity index (χ3v) is 3.66. The monoisotopic (exact) mass is 267 g/mol. The fraction of sp³-hybridized carbons (Fsp3) is 0.267. The van der Waals surface area contributed by atoms with Crippen LogP contribution in [0.1, 0.15) is 18.4 Å². The molecule has 1 unspecified atom stereocenters. The van der Waals surface area contributed by atoms with Gasteiger partial charge in [0.1, 0.15) is 23.5 Å². The van der Waals surface area contributed by atoms with Crippen LogP contribution in [0.25, 0.3) is 11.3 Å². The highest BCUT2D eigenvalue weighted by Gasteiger charge is 2.34. The molecule has 2 heterocycles. The zero-order valence-corrected chi connectivity index (χ0v) is 10.8. The minimum Gasteiger partial charge on any atom is -0.480 e. The minimum absolute atomic E-state index is 0.462. The lowest BCUT2D eigenvalue weighted by Gasteiger charge is -2.21. The maximum atomic E-state index is 11.3. The van der Waals surface area contributed by atoms with E-state index in [0.717, 1.165) is 17.7 Å². The summed E-state index contributed by atoms with van der Waals surface area (Å²) in [5.41, 5.74) is 1.95. The highest BCUT2D eigenvalue weighted by atomic mass is 16.4. The molecular weight excluding hydrogens is 254 g/mol. The van der Waals surface area contributed by atoms with Crippen molar-refractivity contribution in [2.24, 2.45) is 0 Å². The second-order valence-corrected chi connectivity index (χ2v) is 4.82. The molecule has 1 atom stereocenters. The van der Waals surface area contributed by atoms with Crippen LogP contribution in [-0.4, -0.2) is 28.6 Å². The molecule has 20 heavy (non-hydrogen) atoms. The number of hydrogen-bond acceptors (Lipinski definition) is 4. The van der Waals surface area contributed by atoms with Gasteiger partial charge in [0.15, 0.2) is 0 Å². The molecule has 0 spiro atoms. The SMILES string of the molecule is N#Cc1c2cccccc-2nc1N1CCCC1C(=O)O. The Morgan fingerprint density at radius 1 is 1.40 bits per heavy atom. The van der Waals surface area contributed by atoms with E-state index in [1.807, 2.05) is 30.3 Å². The van der Waals surface area contributed by atoms with E-state index in [4.69, 9.17) is 0 Å². The zero-order chi connectivity index (χ0) is 14.1. The molecule has 2 aliphatic heterocycles. The quantitative estimate of drug-likeness (QED) is 0.901. The Kier molecular flexibility index (Phi) is 2.99. The van der Waals surface area contributed by atoms with E-state index in [9.17, 15) is 15.2 Å². The first kappa shape index (κ1) is 12.4. The largest absolute Gasteiger partial charge is 0.480 e. The fourth-order valence-electron chi connectivity index (χ4n) is 2.73. The minimum atomic E-state index is -0.857. The number of carboxylic acids is 1. The standard InChI is InChI=1S/C15H13N3O2/c16-9-11-10-5-2-1-3-6-12(10)17-14(11)18-8-4-7-13(18)15(19)20/h1-3,5-6,13H,4,7-8H2,(H,19,20). The molecule has 100 valence electrons. The van der Waals surface area contributed by atoms with Crippen LogP contribution < -0.4 is 4.90 Å². The number of nitriles is 1. The maximum Gasteiger partial charge on any atom is 0.326 e. The number of rotatable bonds is 2. The lowest BCUT2D eigenvalue weighted by atomic mass is 10.1. The van der Waals surface area contributed by atoms with E-state index in [2.05, 4.69) is 11.1 Å². The van der Waals surface area contributed by atoms with Crippen LogP contribution in [0.3, 0.4) is 0 Å². The number of carbonyl (C=O) groups is 1. The fourth-order valence-corrected chi connectivity index (χ4v) is 2.73. The summed E-state index contributed by atoms with van der Waals surface area (Å²) in [5, 5.41) is 18.7. The van der Waals surface area contributed by atoms with Gasteiger partial charge in [0.2, 0.25) is 0 Å². The highest BCUT2D eigenvalue weighted by molar-refractivity contribution is 5.84. The van der Waals surface area contributed by atoms with Crippen molar-refractivity contribution < 1.29 is 9.90 Å². The Labute approximate surface area is 116 Å². The van der Waals surface area contributed by atoms with Gasteiger partial charge < -0.3 is 10.0 Å². The molecule has 3 aliphatic rings. The van der Waals surface area contributed by atoms with Gasteiger partial charge in [0.05, 0.1) is 5.69 Å². The molecule has 0 bridgehead atoms. The molecule has 1 aliphatic carbocycles. The second-order valence-electron chi connectivity index (χ2n) is 4.82. The number of aliphatic carboxylic acids is 1. The zero-order valence-electron chi connectivity index (χ0n) is 10.8. The lowest BCUT2D eigenvalue weighted by molar-refractivity contribution is -0.138. The van der Waals surface area contributed by atoms with Gasteiger partial charge in [-0.25, -0.2) is 9.78 Å². The van der Waals surface area contributed by atoms with Crippen molar-refractivity contribution in [3.8, 4) is 17.3 Å². The normalized spacial score (nSPS) is 18.1. The maximum absolute atomic E-state index is 11.3. The number of hydrogen-bond donors (Lipinski definition) is 1. The average molecular weight is 267 g/mol. The van der Waals surface area contributed by atoms with Crippen LogP contribution in [0.15, 0.2) is 30.3 Å². The summed E-state index contributed by atoms with van der Waals surface area (Å²) in [4.78, 5) is 17.5. The number of nitrogens with zero attached hydrogens (tertiary/aromatic N) is 3. The molecule has 0 saturated carbocycles. The van der Waals surface area contributed by atoms with Crippen molar-refractivity contribution in [1.82, 2.24) is 4.98 Å². The van der Waals surface area contributed by atoms with Crippen LogP contribution in [0.2, 0.25) is 0 Å². The van der Waals surface area contributed by atoms with Crippen LogP contribution in [0.4, 0.5) is 5.82 Å². The Morgan fingerprint density at radius 2 is 2.20 bits per heavy atom. The van der Waals surface area contributed by atoms with E-state index in [1.54, 1.807) is 4.90 Å². The molecule has 0 radical (unpaired) electrons.